The lowest BCUT2D eigenvalue weighted by atomic mass is 10.1. The van der Waals surface area contributed by atoms with E-state index >= 15 is 0 Å². The summed E-state index contributed by atoms with van der Waals surface area (Å²) in [6, 6.07) is 31.0. The first-order valence-corrected chi connectivity index (χ1v) is 11.9. The zero-order chi connectivity index (χ0) is 23.1. The van der Waals surface area contributed by atoms with E-state index in [1.54, 1.807) is 24.4 Å². The summed E-state index contributed by atoms with van der Waals surface area (Å²) in [5.41, 5.74) is 4.09. The number of hydrazone groups is 1. The Hall–Kier alpha value is -3.81. The van der Waals surface area contributed by atoms with Gasteiger partial charge in [0.2, 0.25) is 10.0 Å². The largest absolute Gasteiger partial charge is 0.272 e. The molecule has 0 saturated carbocycles. The standard InChI is InChI=1S/C26H23N3O3S/c30-26(28-27-18-23-14-9-13-22-12-7-8-17-25(22)23)20-29(19-21-10-3-1-4-11-21)33(31,32)24-15-5-2-6-16-24/h1-18H,19-20H2,(H,28,30). The number of hydrogen-bond donors (Lipinski definition) is 1. The highest BCUT2D eigenvalue weighted by Crippen LogP contribution is 2.18. The van der Waals surface area contributed by atoms with Crippen LogP contribution < -0.4 is 5.43 Å². The molecule has 33 heavy (non-hydrogen) atoms. The molecule has 4 rings (SSSR count). The summed E-state index contributed by atoms with van der Waals surface area (Å²) >= 11 is 0. The summed E-state index contributed by atoms with van der Waals surface area (Å²) in [4.78, 5) is 12.8. The highest BCUT2D eigenvalue weighted by atomic mass is 32.2. The summed E-state index contributed by atoms with van der Waals surface area (Å²) in [6.45, 7) is -0.294. The molecule has 0 aliphatic carbocycles. The van der Waals surface area contributed by atoms with Crippen LogP contribution in [0, 0.1) is 0 Å². The predicted octanol–water partition coefficient (Wildman–Crippen LogP) is 4.18. The molecule has 4 aromatic rings. The smallest absolute Gasteiger partial charge is 0.255 e. The van der Waals surface area contributed by atoms with Gasteiger partial charge in [-0.2, -0.15) is 9.41 Å². The summed E-state index contributed by atoms with van der Waals surface area (Å²) in [5.74, 6) is -0.526. The van der Waals surface area contributed by atoms with Crippen molar-refractivity contribution in [1.29, 1.82) is 0 Å². The van der Waals surface area contributed by atoms with Crippen LogP contribution in [0.25, 0.3) is 10.8 Å². The lowest BCUT2D eigenvalue weighted by molar-refractivity contribution is -0.121. The number of benzene rings is 4. The quantitative estimate of drug-likeness (QED) is 0.318. The van der Waals surface area contributed by atoms with E-state index < -0.39 is 15.9 Å². The van der Waals surface area contributed by atoms with Crippen molar-refractivity contribution in [3.05, 3.63) is 114 Å². The Balaban J connectivity index is 1.52. The zero-order valence-electron chi connectivity index (χ0n) is 17.8. The SMILES string of the molecule is O=C(CN(Cc1ccccc1)S(=O)(=O)c1ccccc1)NN=Cc1cccc2ccccc12. The van der Waals surface area contributed by atoms with E-state index in [0.717, 1.165) is 26.2 Å². The Kier molecular flexibility index (Phi) is 6.92. The molecule has 0 radical (unpaired) electrons. The highest BCUT2D eigenvalue weighted by molar-refractivity contribution is 7.89. The maximum Gasteiger partial charge on any atom is 0.255 e. The molecule has 0 atom stereocenters. The van der Waals surface area contributed by atoms with E-state index in [4.69, 9.17) is 0 Å². The monoisotopic (exact) mass is 457 g/mol. The Bertz CT molecular complexity index is 1370. The average molecular weight is 458 g/mol. The van der Waals surface area contributed by atoms with E-state index in [1.165, 1.54) is 12.1 Å². The van der Waals surface area contributed by atoms with Crippen molar-refractivity contribution in [3.8, 4) is 0 Å². The third-order valence-corrected chi connectivity index (χ3v) is 6.92. The molecule has 0 aliphatic rings. The molecular formula is C26H23N3O3S. The molecule has 0 spiro atoms. The van der Waals surface area contributed by atoms with Crippen LogP contribution in [-0.2, 0) is 21.4 Å². The topological polar surface area (TPSA) is 78.8 Å². The number of carbonyl (C=O) groups is 1. The number of rotatable bonds is 8. The van der Waals surface area contributed by atoms with E-state index in [-0.39, 0.29) is 18.0 Å². The van der Waals surface area contributed by atoms with E-state index in [1.807, 2.05) is 72.8 Å². The van der Waals surface area contributed by atoms with Gasteiger partial charge in [-0.1, -0.05) is 91.0 Å². The lowest BCUT2D eigenvalue weighted by Crippen LogP contribution is -2.39. The molecule has 0 heterocycles. The van der Waals surface area contributed by atoms with Gasteiger partial charge in [0.25, 0.3) is 5.91 Å². The minimum Gasteiger partial charge on any atom is -0.272 e. The Morgan fingerprint density at radius 3 is 2.21 bits per heavy atom. The summed E-state index contributed by atoms with van der Waals surface area (Å²) in [7, 11) is -3.88. The van der Waals surface area contributed by atoms with Crippen LogP contribution >= 0.6 is 0 Å². The molecule has 0 aliphatic heterocycles. The second kappa shape index (κ2) is 10.2. The van der Waals surface area contributed by atoms with Crippen LogP contribution in [0.5, 0.6) is 0 Å². The summed E-state index contributed by atoms with van der Waals surface area (Å²) < 4.78 is 27.6. The summed E-state index contributed by atoms with van der Waals surface area (Å²) in [6.07, 6.45) is 1.56. The van der Waals surface area contributed by atoms with Gasteiger partial charge in [0, 0.05) is 12.1 Å². The first-order valence-electron chi connectivity index (χ1n) is 10.4. The van der Waals surface area contributed by atoms with Crippen LogP contribution in [0.1, 0.15) is 11.1 Å². The molecule has 1 amide bonds. The summed E-state index contributed by atoms with van der Waals surface area (Å²) in [5, 5.41) is 6.14. The molecule has 166 valence electrons. The van der Waals surface area contributed by atoms with Gasteiger partial charge in [-0.05, 0) is 28.5 Å². The first kappa shape index (κ1) is 22.4. The minimum atomic E-state index is -3.88. The van der Waals surface area contributed by atoms with Crippen molar-refractivity contribution in [2.75, 3.05) is 6.54 Å². The first-order chi connectivity index (χ1) is 16.0. The molecule has 0 fully saturated rings. The second-order valence-electron chi connectivity index (χ2n) is 7.43. The fourth-order valence-electron chi connectivity index (χ4n) is 3.49. The van der Waals surface area contributed by atoms with Gasteiger partial charge in [0.05, 0.1) is 17.7 Å². The lowest BCUT2D eigenvalue weighted by Gasteiger charge is -2.21. The van der Waals surface area contributed by atoms with E-state index in [2.05, 4.69) is 10.5 Å². The van der Waals surface area contributed by atoms with Gasteiger partial charge < -0.3 is 0 Å². The fourth-order valence-corrected chi connectivity index (χ4v) is 4.89. The van der Waals surface area contributed by atoms with Crippen molar-refractivity contribution in [3.63, 3.8) is 0 Å². The highest BCUT2D eigenvalue weighted by Gasteiger charge is 2.26. The third-order valence-electron chi connectivity index (χ3n) is 5.12. The van der Waals surface area contributed by atoms with Crippen LogP contribution in [-0.4, -0.2) is 31.4 Å². The van der Waals surface area contributed by atoms with Gasteiger partial charge in [-0.15, -0.1) is 0 Å². The van der Waals surface area contributed by atoms with Crippen LogP contribution in [0.3, 0.4) is 0 Å². The number of sulfonamides is 1. The maximum absolute atomic E-state index is 13.2. The van der Waals surface area contributed by atoms with Crippen molar-refractivity contribution in [2.24, 2.45) is 5.10 Å². The average Bonchev–Trinajstić information content (AvgIpc) is 2.85. The third kappa shape index (κ3) is 5.52. The minimum absolute atomic E-state index is 0.0680. The van der Waals surface area contributed by atoms with Crippen LogP contribution in [0.15, 0.2) is 113 Å². The number of amides is 1. The number of nitrogens with one attached hydrogen (secondary N) is 1. The van der Waals surface area contributed by atoms with Gasteiger partial charge >= 0.3 is 0 Å². The van der Waals surface area contributed by atoms with Gasteiger partial charge in [-0.25, -0.2) is 13.8 Å². The van der Waals surface area contributed by atoms with Crippen LogP contribution in [0.2, 0.25) is 0 Å². The molecule has 0 bridgehead atoms. The Morgan fingerprint density at radius 1 is 0.818 bits per heavy atom. The normalized spacial score (nSPS) is 11.8. The molecule has 7 heteroatoms. The number of hydrogen-bond acceptors (Lipinski definition) is 4. The molecule has 0 aromatic heterocycles. The van der Waals surface area contributed by atoms with E-state index in [9.17, 15) is 13.2 Å². The van der Waals surface area contributed by atoms with Gasteiger partial charge in [0.1, 0.15) is 0 Å². The van der Waals surface area contributed by atoms with Crippen molar-refractivity contribution in [1.82, 2.24) is 9.73 Å². The number of nitrogens with zero attached hydrogens (tertiary/aromatic N) is 2. The van der Waals surface area contributed by atoms with Crippen LogP contribution in [0.4, 0.5) is 0 Å². The van der Waals surface area contributed by atoms with Gasteiger partial charge in [0.15, 0.2) is 0 Å². The van der Waals surface area contributed by atoms with E-state index in [0.29, 0.717) is 0 Å². The van der Waals surface area contributed by atoms with Crippen molar-refractivity contribution < 1.29 is 13.2 Å². The molecular weight excluding hydrogens is 434 g/mol. The van der Waals surface area contributed by atoms with Crippen molar-refractivity contribution in [2.45, 2.75) is 11.4 Å². The molecule has 0 unspecified atom stereocenters. The molecule has 1 N–H and O–H groups in total. The van der Waals surface area contributed by atoms with Crippen molar-refractivity contribution >= 4 is 32.9 Å². The Labute approximate surface area is 193 Å². The predicted molar refractivity (Wildman–Crippen MR) is 130 cm³/mol. The number of carbonyl (C=O) groups excluding carboxylic acids is 1. The molecule has 6 nitrogen and oxygen atoms in total. The fraction of sp³-hybridized carbons (Fsp3) is 0.0769. The van der Waals surface area contributed by atoms with Gasteiger partial charge in [-0.3, -0.25) is 4.79 Å². The molecule has 4 aromatic carbocycles. The number of fused-ring (bicyclic) bond motifs is 1. The maximum atomic E-state index is 13.2. The molecule has 0 saturated heterocycles. The second-order valence-corrected chi connectivity index (χ2v) is 9.37. The Morgan fingerprint density at radius 2 is 1.45 bits per heavy atom. The zero-order valence-corrected chi connectivity index (χ0v) is 18.7.